The Morgan fingerprint density at radius 3 is 2.31 bits per heavy atom. The quantitative estimate of drug-likeness (QED) is 0.475. The van der Waals surface area contributed by atoms with E-state index in [9.17, 15) is 30.8 Å². The molecular formula is C17H11F4N3O4S. The van der Waals surface area contributed by atoms with E-state index in [0.29, 0.717) is 0 Å². The van der Waals surface area contributed by atoms with Crippen molar-refractivity contribution in [3.05, 3.63) is 65.8 Å². The van der Waals surface area contributed by atoms with Crippen molar-refractivity contribution in [1.82, 2.24) is 10.1 Å². The summed E-state index contributed by atoms with van der Waals surface area (Å²) in [5.74, 6) is -4.42. The largest absolute Gasteiger partial charge is 0.471 e. The third kappa shape index (κ3) is 4.96. The Morgan fingerprint density at radius 1 is 1.07 bits per heavy atom. The van der Waals surface area contributed by atoms with Crippen LogP contribution in [0.1, 0.15) is 16.2 Å². The average molecular weight is 429 g/mol. The molecule has 12 heteroatoms. The molecule has 29 heavy (non-hydrogen) atoms. The first-order valence-corrected chi connectivity index (χ1v) is 9.50. The molecule has 0 bridgehead atoms. The van der Waals surface area contributed by atoms with Gasteiger partial charge < -0.3 is 4.52 Å². The second kappa shape index (κ2) is 7.62. The zero-order valence-corrected chi connectivity index (χ0v) is 15.1. The number of anilines is 1. The molecule has 1 heterocycles. The number of para-hydroxylation sites is 1. The van der Waals surface area contributed by atoms with E-state index < -0.39 is 39.4 Å². The minimum Gasteiger partial charge on any atom is -0.329 e. The molecule has 0 aliphatic heterocycles. The maximum atomic E-state index is 13.6. The summed E-state index contributed by atoms with van der Waals surface area (Å²) in [6.45, 7) is 0. The van der Waals surface area contributed by atoms with Crippen LogP contribution in [0.3, 0.4) is 0 Å². The lowest BCUT2D eigenvalue weighted by Gasteiger charge is -2.08. The summed E-state index contributed by atoms with van der Waals surface area (Å²) in [7, 11) is -4.18. The Hall–Kier alpha value is -3.28. The summed E-state index contributed by atoms with van der Waals surface area (Å²) in [4.78, 5) is 15.4. The van der Waals surface area contributed by atoms with Gasteiger partial charge in [-0.25, -0.2) is 12.8 Å². The molecule has 0 spiro atoms. The summed E-state index contributed by atoms with van der Waals surface area (Å²) in [6.07, 6.45) is -4.79. The Labute approximate surface area is 161 Å². The smallest absolute Gasteiger partial charge is 0.329 e. The summed E-state index contributed by atoms with van der Waals surface area (Å²) in [5, 5.41) is 3.21. The number of nitrogens with zero attached hydrogens (tertiary/aromatic N) is 2. The van der Waals surface area contributed by atoms with Crippen LogP contribution in [0.5, 0.6) is 0 Å². The normalized spacial score (nSPS) is 12.0. The lowest BCUT2D eigenvalue weighted by atomic mass is 10.1. The maximum Gasteiger partial charge on any atom is 0.471 e. The number of nitrogens with one attached hydrogen (secondary N) is 1. The molecule has 1 aromatic heterocycles. The van der Waals surface area contributed by atoms with Crippen molar-refractivity contribution in [1.29, 1.82) is 0 Å². The van der Waals surface area contributed by atoms with Gasteiger partial charge in [0.05, 0.1) is 5.69 Å². The number of ketones is 1. The van der Waals surface area contributed by atoms with Gasteiger partial charge in [-0.1, -0.05) is 41.6 Å². The molecule has 0 radical (unpaired) electrons. The third-order valence-corrected chi connectivity index (χ3v) is 4.77. The maximum absolute atomic E-state index is 13.6. The third-order valence-electron chi connectivity index (χ3n) is 3.59. The number of hydrogen-bond donors (Lipinski definition) is 1. The molecular weight excluding hydrogens is 418 g/mol. The number of halogens is 4. The molecule has 0 fully saturated rings. The monoisotopic (exact) mass is 429 g/mol. The highest BCUT2D eigenvalue weighted by atomic mass is 32.2. The van der Waals surface area contributed by atoms with Crippen LogP contribution in [-0.4, -0.2) is 30.1 Å². The van der Waals surface area contributed by atoms with Crippen LogP contribution in [0, 0.1) is 5.82 Å². The molecule has 0 saturated carbocycles. The molecule has 0 aliphatic rings. The SMILES string of the molecule is O=C(CS(=O)(=O)Nc1ccccc1F)c1ccc(-c2noc(C(F)(F)F)n2)cc1. The van der Waals surface area contributed by atoms with Gasteiger partial charge in [0.15, 0.2) is 5.78 Å². The minimum atomic E-state index is -4.79. The summed E-state index contributed by atoms with van der Waals surface area (Å²) >= 11 is 0. The Bertz CT molecular complexity index is 1140. The van der Waals surface area contributed by atoms with Crippen LogP contribution in [0.25, 0.3) is 11.4 Å². The van der Waals surface area contributed by atoms with Crippen LogP contribution in [0.2, 0.25) is 0 Å². The standard InChI is InChI=1S/C17H11F4N3O4S/c18-12-3-1-2-4-13(12)24-29(26,27)9-14(25)10-5-7-11(8-6-10)15-22-16(28-23-15)17(19,20)21/h1-8,24H,9H2. The number of rotatable bonds is 6. The van der Waals surface area contributed by atoms with Gasteiger partial charge in [0, 0.05) is 11.1 Å². The number of aromatic nitrogens is 2. The van der Waals surface area contributed by atoms with Crippen LogP contribution in [0.4, 0.5) is 23.2 Å². The highest BCUT2D eigenvalue weighted by Crippen LogP contribution is 2.29. The molecule has 0 unspecified atom stereocenters. The number of carbonyl (C=O) groups is 1. The van der Waals surface area contributed by atoms with Crippen LogP contribution < -0.4 is 4.72 Å². The zero-order chi connectivity index (χ0) is 21.2. The minimum absolute atomic E-state index is 0.0211. The number of Topliss-reactive ketones (excluding diaryl/α,β-unsaturated/α-hetero) is 1. The van der Waals surface area contributed by atoms with Gasteiger partial charge in [-0.2, -0.15) is 18.2 Å². The van der Waals surface area contributed by atoms with Gasteiger partial charge in [0.1, 0.15) is 11.6 Å². The first kappa shape index (κ1) is 20.5. The Balaban J connectivity index is 1.72. The second-order valence-electron chi connectivity index (χ2n) is 5.76. The van der Waals surface area contributed by atoms with Crippen molar-refractivity contribution in [3.63, 3.8) is 0 Å². The lowest BCUT2D eigenvalue weighted by Crippen LogP contribution is -2.23. The first-order valence-electron chi connectivity index (χ1n) is 7.85. The van der Waals surface area contributed by atoms with Crippen molar-refractivity contribution < 1.29 is 35.3 Å². The van der Waals surface area contributed by atoms with E-state index in [-0.39, 0.29) is 22.6 Å². The van der Waals surface area contributed by atoms with E-state index >= 15 is 0 Å². The van der Waals surface area contributed by atoms with Crippen molar-refractivity contribution in [2.45, 2.75) is 6.18 Å². The highest BCUT2D eigenvalue weighted by Gasteiger charge is 2.38. The van der Waals surface area contributed by atoms with E-state index in [1.807, 2.05) is 4.72 Å². The van der Waals surface area contributed by atoms with Crippen LogP contribution >= 0.6 is 0 Å². The van der Waals surface area contributed by atoms with Crippen LogP contribution in [-0.2, 0) is 16.2 Å². The number of sulfonamides is 1. The van der Waals surface area contributed by atoms with E-state index in [2.05, 4.69) is 14.7 Å². The van der Waals surface area contributed by atoms with Gasteiger partial charge in [-0.05, 0) is 12.1 Å². The number of hydrogen-bond acceptors (Lipinski definition) is 6. The molecule has 1 N–H and O–H groups in total. The fourth-order valence-electron chi connectivity index (χ4n) is 2.26. The van der Waals surface area contributed by atoms with Gasteiger partial charge in [0.2, 0.25) is 15.8 Å². The second-order valence-corrected chi connectivity index (χ2v) is 7.48. The van der Waals surface area contributed by atoms with Crippen molar-refractivity contribution in [3.8, 4) is 11.4 Å². The summed E-state index contributed by atoms with van der Waals surface area (Å²) < 4.78 is 81.3. The molecule has 3 aromatic rings. The first-order chi connectivity index (χ1) is 13.5. The van der Waals surface area contributed by atoms with E-state index in [0.717, 1.165) is 6.07 Å². The van der Waals surface area contributed by atoms with Crippen molar-refractivity contribution in [2.24, 2.45) is 0 Å². The molecule has 0 saturated heterocycles. The molecule has 152 valence electrons. The predicted molar refractivity (Wildman–Crippen MR) is 92.9 cm³/mol. The molecule has 3 rings (SSSR count). The van der Waals surface area contributed by atoms with E-state index in [1.54, 1.807) is 0 Å². The van der Waals surface area contributed by atoms with Gasteiger partial charge in [0.25, 0.3) is 0 Å². The van der Waals surface area contributed by atoms with Crippen LogP contribution in [0.15, 0.2) is 53.1 Å². The van der Waals surface area contributed by atoms with Crippen molar-refractivity contribution in [2.75, 3.05) is 10.5 Å². The molecule has 0 aliphatic carbocycles. The summed E-state index contributed by atoms with van der Waals surface area (Å²) in [6, 6.07) is 9.96. The van der Waals surface area contributed by atoms with Gasteiger partial charge >= 0.3 is 12.1 Å². The highest BCUT2D eigenvalue weighted by molar-refractivity contribution is 7.93. The van der Waals surface area contributed by atoms with Crippen molar-refractivity contribution >= 4 is 21.5 Å². The predicted octanol–water partition coefficient (Wildman–Crippen LogP) is 3.52. The van der Waals surface area contributed by atoms with E-state index in [1.165, 1.54) is 42.5 Å². The number of benzene rings is 2. The number of alkyl halides is 3. The fourth-order valence-corrected chi connectivity index (χ4v) is 3.35. The van der Waals surface area contributed by atoms with Gasteiger partial charge in [-0.3, -0.25) is 9.52 Å². The average Bonchev–Trinajstić information content (AvgIpc) is 3.14. The Morgan fingerprint density at radius 2 is 1.72 bits per heavy atom. The molecule has 0 atom stereocenters. The molecule has 7 nitrogen and oxygen atoms in total. The molecule has 2 aromatic carbocycles. The fraction of sp³-hybridized carbons (Fsp3) is 0.118. The van der Waals surface area contributed by atoms with E-state index in [4.69, 9.17) is 0 Å². The summed E-state index contributed by atoms with van der Waals surface area (Å²) in [5.41, 5.74) is -0.187. The van der Waals surface area contributed by atoms with Gasteiger partial charge in [-0.15, -0.1) is 0 Å². The number of carbonyl (C=O) groups excluding carboxylic acids is 1. The molecule has 0 amide bonds. The Kier molecular flexibility index (Phi) is 5.38. The topological polar surface area (TPSA) is 102 Å². The zero-order valence-electron chi connectivity index (χ0n) is 14.3. The lowest BCUT2D eigenvalue weighted by molar-refractivity contribution is -0.159.